The lowest BCUT2D eigenvalue weighted by Gasteiger charge is -2.29. The summed E-state index contributed by atoms with van der Waals surface area (Å²) in [5, 5.41) is 5.44. The molecule has 0 saturated carbocycles. The Morgan fingerprint density at radius 2 is 0.758 bits per heavy atom. The van der Waals surface area contributed by atoms with Gasteiger partial charge in [0, 0.05) is 11.5 Å². The summed E-state index contributed by atoms with van der Waals surface area (Å²) >= 11 is 0. The van der Waals surface area contributed by atoms with E-state index in [4.69, 9.17) is 28.7 Å². The van der Waals surface area contributed by atoms with Gasteiger partial charge in [-0.1, -0.05) is 228 Å². The van der Waals surface area contributed by atoms with Gasteiger partial charge in [-0.05, 0) is 64.7 Å². The van der Waals surface area contributed by atoms with Gasteiger partial charge in [0.05, 0.1) is 12.1 Å². The number of rotatable bonds is 52. The van der Waals surface area contributed by atoms with Crippen molar-refractivity contribution in [2.24, 2.45) is 28.7 Å². The van der Waals surface area contributed by atoms with Crippen LogP contribution in [-0.2, 0) is 19.2 Å². The second-order valence-corrected chi connectivity index (χ2v) is 21.7. The van der Waals surface area contributed by atoms with Gasteiger partial charge in [-0.15, -0.1) is 0 Å². The number of nitrogens with one attached hydrogen (secondary N) is 2. The summed E-state index contributed by atoms with van der Waals surface area (Å²) in [6.07, 6.45) is 44.0. The highest BCUT2D eigenvalue weighted by Crippen LogP contribution is 2.26. The minimum atomic E-state index is -0.975. The molecule has 12 nitrogen and oxygen atoms in total. The van der Waals surface area contributed by atoms with Crippen LogP contribution >= 0.6 is 21.6 Å². The lowest BCUT2D eigenvalue weighted by Crippen LogP contribution is -2.56. The number of carbonyl (C=O) groups is 4. The van der Waals surface area contributed by atoms with Gasteiger partial charge >= 0.3 is 0 Å². The third-order valence-corrected chi connectivity index (χ3v) is 15.4. The molecule has 0 fully saturated rings. The van der Waals surface area contributed by atoms with Crippen LogP contribution in [0.2, 0.25) is 0 Å². The van der Waals surface area contributed by atoms with E-state index in [2.05, 4.69) is 29.4 Å². The molecule has 0 aromatic rings. The Balaban J connectivity index is 5.02. The summed E-state index contributed by atoms with van der Waals surface area (Å²) in [6.45, 7) is 6.97. The molecule has 12 N–H and O–H groups in total. The fraction of sp³-hybridized carbons (Fsp3) is 0.923. The van der Waals surface area contributed by atoms with E-state index < -0.39 is 41.9 Å². The molecule has 0 aliphatic heterocycles. The molecule has 0 aliphatic carbocycles. The molecule has 0 saturated heterocycles. The zero-order chi connectivity index (χ0) is 48.7. The SMILES string of the molecule is CCCCCCCCCCCCCCCCCCN(CCCCCCCCCCCCCCCCCC)C(CSSC[C@H](NC(=O)[C@H](CCCN)NC(=O)[C@@H](N)CCCN)C(N)=O)C(N)=O. The van der Waals surface area contributed by atoms with Crippen LogP contribution in [0.25, 0.3) is 0 Å². The molecule has 66 heavy (non-hydrogen) atoms. The minimum Gasteiger partial charge on any atom is -0.368 e. The maximum absolute atomic E-state index is 13.3. The predicted molar refractivity (Wildman–Crippen MR) is 286 cm³/mol. The van der Waals surface area contributed by atoms with Crippen LogP contribution in [0.4, 0.5) is 0 Å². The van der Waals surface area contributed by atoms with Gasteiger partial charge in [0.25, 0.3) is 0 Å². The van der Waals surface area contributed by atoms with Crippen LogP contribution in [0.3, 0.4) is 0 Å². The van der Waals surface area contributed by atoms with Gasteiger partial charge in [-0.25, -0.2) is 0 Å². The van der Waals surface area contributed by atoms with Gasteiger partial charge in [0.1, 0.15) is 12.1 Å². The standard InChI is InChI=1S/C52H106N8O4S2/c1-3-5-7-9-11-13-15-17-19-21-23-25-27-29-31-33-41-60(42-34-32-30-28-26-24-22-20-18-16-14-12-10-8-6-4-2)48(50(57)62)44-66-65-43-47(49(56)61)59-52(64)46(38-36-40-54)58-51(63)45(55)37-35-39-53/h45-48H,3-44,53-55H2,1-2H3,(H2,56,61)(H2,57,62)(H,58,63)(H,59,64)/t45-,46-,47-,48?/m0/s1. The topological polar surface area (TPSA) is 226 Å². The van der Waals surface area contributed by atoms with Crippen LogP contribution in [0.15, 0.2) is 0 Å². The molecular formula is C52H106N8O4S2. The molecule has 390 valence electrons. The highest BCUT2D eigenvalue weighted by Gasteiger charge is 2.28. The Morgan fingerprint density at radius 3 is 1.11 bits per heavy atom. The van der Waals surface area contributed by atoms with Gasteiger partial charge in [-0.2, -0.15) is 0 Å². The maximum Gasteiger partial charge on any atom is 0.243 e. The number of nitrogens with two attached hydrogens (primary N) is 5. The number of amides is 4. The predicted octanol–water partition coefficient (Wildman–Crippen LogP) is 10.3. The lowest BCUT2D eigenvalue weighted by molar-refractivity contribution is -0.131. The Morgan fingerprint density at radius 1 is 0.424 bits per heavy atom. The first-order valence-electron chi connectivity index (χ1n) is 27.5. The van der Waals surface area contributed by atoms with Gasteiger partial charge < -0.3 is 39.3 Å². The van der Waals surface area contributed by atoms with Gasteiger partial charge in [0.15, 0.2) is 0 Å². The highest BCUT2D eigenvalue weighted by molar-refractivity contribution is 8.76. The van der Waals surface area contributed by atoms with Crippen molar-refractivity contribution in [1.29, 1.82) is 0 Å². The van der Waals surface area contributed by atoms with Crippen LogP contribution in [0, 0.1) is 0 Å². The molecule has 0 heterocycles. The van der Waals surface area contributed by atoms with Crippen molar-refractivity contribution in [3.05, 3.63) is 0 Å². The fourth-order valence-corrected chi connectivity index (χ4v) is 11.0. The number of hydrogen-bond acceptors (Lipinski definition) is 10. The lowest BCUT2D eigenvalue weighted by atomic mass is 10.0. The Bertz CT molecular complexity index is 1110. The van der Waals surface area contributed by atoms with E-state index in [9.17, 15) is 19.2 Å². The smallest absolute Gasteiger partial charge is 0.243 e. The van der Waals surface area contributed by atoms with Crippen LogP contribution in [0.1, 0.15) is 245 Å². The summed E-state index contributed by atoms with van der Waals surface area (Å²) in [4.78, 5) is 53.8. The summed E-state index contributed by atoms with van der Waals surface area (Å²) in [5.41, 5.74) is 29.1. The normalized spacial score (nSPS) is 13.4. The first-order valence-corrected chi connectivity index (χ1v) is 29.9. The Hall–Kier alpha value is -1.58. The molecule has 0 radical (unpaired) electrons. The average molecular weight is 972 g/mol. The second kappa shape index (κ2) is 48.4. The summed E-state index contributed by atoms with van der Waals surface area (Å²) in [7, 11) is 2.85. The Kier molecular flexibility index (Phi) is 47.3. The molecule has 0 aromatic carbocycles. The van der Waals surface area contributed by atoms with Crippen molar-refractivity contribution >= 4 is 45.2 Å². The van der Waals surface area contributed by atoms with Gasteiger partial charge in [0.2, 0.25) is 23.6 Å². The molecule has 0 spiro atoms. The molecule has 0 aromatic heterocycles. The van der Waals surface area contributed by atoms with Crippen molar-refractivity contribution in [3.63, 3.8) is 0 Å². The zero-order valence-corrected chi connectivity index (χ0v) is 44.4. The summed E-state index contributed by atoms with van der Waals surface area (Å²) in [5.74, 6) is -1.33. The first-order chi connectivity index (χ1) is 32.1. The molecular weight excluding hydrogens is 865 g/mol. The summed E-state index contributed by atoms with van der Waals surface area (Å²) < 4.78 is 0. The molecule has 0 rings (SSSR count). The van der Waals surface area contributed by atoms with E-state index in [1.807, 2.05) is 0 Å². The average Bonchev–Trinajstić information content (AvgIpc) is 3.30. The second-order valence-electron chi connectivity index (χ2n) is 19.1. The van der Waals surface area contributed by atoms with Crippen molar-refractivity contribution < 1.29 is 19.2 Å². The van der Waals surface area contributed by atoms with Crippen molar-refractivity contribution in [3.8, 4) is 0 Å². The molecule has 1 unspecified atom stereocenters. The number of unbranched alkanes of at least 4 members (excludes halogenated alkanes) is 30. The number of nitrogens with zero attached hydrogens (tertiary/aromatic N) is 1. The molecule has 14 heteroatoms. The number of primary amides is 2. The Labute approximate surface area is 413 Å². The maximum atomic E-state index is 13.3. The van der Waals surface area contributed by atoms with E-state index in [0.717, 1.165) is 38.8 Å². The molecule has 0 bridgehead atoms. The monoisotopic (exact) mass is 971 g/mol. The quantitative estimate of drug-likeness (QED) is 0.0225. The van der Waals surface area contributed by atoms with E-state index in [1.54, 1.807) is 0 Å². The van der Waals surface area contributed by atoms with Crippen LogP contribution < -0.4 is 39.3 Å². The summed E-state index contributed by atoms with van der Waals surface area (Å²) in [6, 6.07) is -3.12. The van der Waals surface area contributed by atoms with Crippen molar-refractivity contribution in [2.75, 3.05) is 37.7 Å². The highest BCUT2D eigenvalue weighted by atomic mass is 33.1. The molecule has 0 aliphatic rings. The molecule has 4 atom stereocenters. The zero-order valence-electron chi connectivity index (χ0n) is 42.8. The van der Waals surface area contributed by atoms with Crippen LogP contribution in [0.5, 0.6) is 0 Å². The van der Waals surface area contributed by atoms with Crippen molar-refractivity contribution in [2.45, 2.75) is 269 Å². The van der Waals surface area contributed by atoms with Crippen molar-refractivity contribution in [1.82, 2.24) is 15.5 Å². The first kappa shape index (κ1) is 64.4. The van der Waals surface area contributed by atoms with E-state index >= 15 is 0 Å². The number of carbonyl (C=O) groups excluding carboxylic acids is 4. The van der Waals surface area contributed by atoms with E-state index in [1.165, 1.54) is 201 Å². The largest absolute Gasteiger partial charge is 0.368 e. The number of hydrogen-bond donors (Lipinski definition) is 7. The fourth-order valence-electron chi connectivity index (χ4n) is 8.55. The van der Waals surface area contributed by atoms with E-state index in [0.29, 0.717) is 44.5 Å². The van der Waals surface area contributed by atoms with E-state index in [-0.39, 0.29) is 11.7 Å². The molecule has 4 amide bonds. The van der Waals surface area contributed by atoms with Gasteiger partial charge in [-0.3, -0.25) is 24.1 Å². The van der Waals surface area contributed by atoms with Crippen LogP contribution in [-0.4, -0.2) is 90.4 Å². The minimum absolute atomic E-state index is 0.197. The third-order valence-electron chi connectivity index (χ3n) is 13.0. The third kappa shape index (κ3) is 39.3.